The van der Waals surface area contributed by atoms with Crippen molar-refractivity contribution in [3.63, 3.8) is 0 Å². The zero-order valence-electron chi connectivity index (χ0n) is 26.3. The van der Waals surface area contributed by atoms with Crippen LogP contribution in [0.4, 0.5) is 13.2 Å². The van der Waals surface area contributed by atoms with Crippen LogP contribution in [0.5, 0.6) is 5.75 Å². The van der Waals surface area contributed by atoms with Gasteiger partial charge in [0.1, 0.15) is 30.5 Å². The first-order valence-corrected chi connectivity index (χ1v) is 15.5. The second-order valence-electron chi connectivity index (χ2n) is 11.2. The van der Waals surface area contributed by atoms with E-state index >= 15 is 0 Å². The van der Waals surface area contributed by atoms with Crippen molar-refractivity contribution >= 4 is 5.57 Å². The summed E-state index contributed by atoms with van der Waals surface area (Å²) in [4.78, 5) is 5.07. The molecule has 47 heavy (non-hydrogen) atoms. The second kappa shape index (κ2) is 14.0. The third kappa shape index (κ3) is 7.27. The van der Waals surface area contributed by atoms with Crippen LogP contribution in [0, 0.1) is 0 Å². The molecule has 5 nitrogen and oxygen atoms in total. The minimum absolute atomic E-state index is 0.231. The zero-order chi connectivity index (χ0) is 32.8. The molecule has 0 radical (unpaired) electrons. The Morgan fingerprint density at radius 2 is 1.45 bits per heavy atom. The van der Waals surface area contributed by atoms with Gasteiger partial charge < -0.3 is 14.2 Å². The first kappa shape index (κ1) is 31.7. The summed E-state index contributed by atoms with van der Waals surface area (Å²) >= 11 is 0. The monoisotopic (exact) mass is 636 g/mol. The predicted octanol–water partition coefficient (Wildman–Crippen LogP) is 9.95. The molecule has 0 saturated carbocycles. The molecule has 0 N–H and O–H groups in total. The molecule has 4 aromatic carbocycles. The highest BCUT2D eigenvalue weighted by molar-refractivity contribution is 5.78. The summed E-state index contributed by atoms with van der Waals surface area (Å²) in [6.07, 6.45) is 0.653. The number of nitrogens with zero attached hydrogens (tertiary/aromatic N) is 2. The molecule has 8 heteroatoms. The Bertz CT molecular complexity index is 1890. The number of aromatic nitrogens is 2. The maximum Gasteiger partial charge on any atom is 0.416 e. The molecule has 1 heterocycles. The lowest BCUT2D eigenvalue weighted by Crippen LogP contribution is -2.10. The first-order valence-electron chi connectivity index (χ1n) is 15.5. The average molecular weight is 637 g/mol. The molecular formula is C39H35F3N2O3. The predicted molar refractivity (Wildman–Crippen MR) is 177 cm³/mol. The number of benzene rings is 4. The summed E-state index contributed by atoms with van der Waals surface area (Å²) in [5.74, 6) is 2.49. The Morgan fingerprint density at radius 3 is 2.11 bits per heavy atom. The van der Waals surface area contributed by atoms with E-state index in [1.807, 2.05) is 91.0 Å². The Labute approximate surface area is 272 Å². The van der Waals surface area contributed by atoms with Crippen molar-refractivity contribution in [2.45, 2.75) is 45.6 Å². The van der Waals surface area contributed by atoms with Crippen LogP contribution in [-0.4, -0.2) is 16.7 Å². The normalized spacial score (nSPS) is 13.3. The molecule has 1 aliphatic carbocycles. The molecule has 5 aromatic rings. The van der Waals surface area contributed by atoms with E-state index in [1.165, 1.54) is 12.1 Å². The molecule has 0 spiro atoms. The summed E-state index contributed by atoms with van der Waals surface area (Å²) in [6, 6.07) is 31.5. The summed E-state index contributed by atoms with van der Waals surface area (Å²) in [5.41, 5.74) is 3.80. The van der Waals surface area contributed by atoms with E-state index in [-0.39, 0.29) is 12.0 Å². The first-order chi connectivity index (χ1) is 22.8. The van der Waals surface area contributed by atoms with Crippen molar-refractivity contribution in [3.8, 4) is 22.8 Å². The van der Waals surface area contributed by atoms with Gasteiger partial charge in [-0.2, -0.15) is 13.2 Å². The number of allylic oxidation sites excluding steroid dienone is 4. The quantitative estimate of drug-likeness (QED) is 0.145. The van der Waals surface area contributed by atoms with Crippen molar-refractivity contribution in [1.82, 2.24) is 9.55 Å². The van der Waals surface area contributed by atoms with Crippen LogP contribution >= 0.6 is 0 Å². The van der Waals surface area contributed by atoms with Crippen LogP contribution in [0.15, 0.2) is 127 Å². The van der Waals surface area contributed by atoms with Gasteiger partial charge in [-0.25, -0.2) is 4.98 Å². The van der Waals surface area contributed by atoms with Crippen molar-refractivity contribution in [1.29, 1.82) is 0 Å². The molecule has 1 aromatic heterocycles. The molecule has 0 fully saturated rings. The fourth-order valence-electron chi connectivity index (χ4n) is 5.65. The Kier molecular flexibility index (Phi) is 9.47. The third-order valence-electron chi connectivity index (χ3n) is 8.13. The standard InChI is InChI=1S/C39H35F3N2O3/c1-3-29-18-19-30(22-34(29)39(40,41)42)44-24-35(33-23-31(45-2)20-21-37(33)47-26-28-14-8-5-9-15-28)43-38(44)32-16-10-11-17-36(32)46-25-27-12-6-4-7-13-27/h4-19,22-24H,3,20-21,25-26H2,1-2H3. The van der Waals surface area contributed by atoms with Crippen LogP contribution in [0.3, 0.4) is 0 Å². The highest BCUT2D eigenvalue weighted by atomic mass is 19.4. The topological polar surface area (TPSA) is 45.5 Å². The van der Waals surface area contributed by atoms with E-state index in [4.69, 9.17) is 19.2 Å². The maximum atomic E-state index is 14.2. The van der Waals surface area contributed by atoms with Gasteiger partial charge in [0.25, 0.3) is 0 Å². The fourth-order valence-corrected chi connectivity index (χ4v) is 5.65. The summed E-state index contributed by atoms with van der Waals surface area (Å²) in [5, 5.41) is 0. The lowest BCUT2D eigenvalue weighted by Gasteiger charge is -2.19. The number of alkyl halides is 3. The van der Waals surface area contributed by atoms with Gasteiger partial charge >= 0.3 is 6.18 Å². The SMILES string of the molecule is CCc1ccc(-n2cc(C3=C(OCc4ccccc4)CCC(OC)=C3)nc2-c2ccccc2OCc2ccccc2)cc1C(F)(F)F. The van der Waals surface area contributed by atoms with Crippen LogP contribution in [0.2, 0.25) is 0 Å². The van der Waals surface area contributed by atoms with Gasteiger partial charge in [0, 0.05) is 30.3 Å². The van der Waals surface area contributed by atoms with Crippen molar-refractivity contribution < 1.29 is 27.4 Å². The second-order valence-corrected chi connectivity index (χ2v) is 11.2. The van der Waals surface area contributed by atoms with Crippen molar-refractivity contribution in [2.75, 3.05) is 7.11 Å². The molecule has 240 valence electrons. The number of para-hydroxylation sites is 1. The highest BCUT2D eigenvalue weighted by Crippen LogP contribution is 2.39. The molecular weight excluding hydrogens is 601 g/mol. The molecule has 1 aliphatic rings. The number of halogens is 3. The highest BCUT2D eigenvalue weighted by Gasteiger charge is 2.33. The lowest BCUT2D eigenvalue weighted by molar-refractivity contribution is -0.138. The van der Waals surface area contributed by atoms with E-state index in [0.717, 1.165) is 22.6 Å². The number of aryl methyl sites for hydroxylation is 1. The van der Waals surface area contributed by atoms with Gasteiger partial charge in [0.2, 0.25) is 0 Å². The van der Waals surface area contributed by atoms with Gasteiger partial charge in [-0.05, 0) is 53.5 Å². The molecule has 0 aliphatic heterocycles. The van der Waals surface area contributed by atoms with Crippen LogP contribution < -0.4 is 4.74 Å². The Morgan fingerprint density at radius 1 is 0.787 bits per heavy atom. The minimum Gasteiger partial charge on any atom is -0.501 e. The Hall–Kier alpha value is -5.24. The van der Waals surface area contributed by atoms with Gasteiger partial charge in [-0.1, -0.05) is 85.8 Å². The van der Waals surface area contributed by atoms with Gasteiger partial charge in [0.15, 0.2) is 0 Å². The van der Waals surface area contributed by atoms with E-state index in [1.54, 1.807) is 30.9 Å². The summed E-state index contributed by atoms with van der Waals surface area (Å²) in [7, 11) is 1.62. The fraction of sp³-hybridized carbons (Fsp3) is 0.205. The molecule has 0 unspecified atom stereocenters. The molecule has 0 bridgehead atoms. The van der Waals surface area contributed by atoms with Crippen molar-refractivity contribution in [2.24, 2.45) is 0 Å². The Balaban J connectivity index is 1.49. The van der Waals surface area contributed by atoms with E-state index < -0.39 is 11.7 Å². The minimum atomic E-state index is -4.51. The molecule has 0 saturated heterocycles. The van der Waals surface area contributed by atoms with Gasteiger partial charge in [-0.3, -0.25) is 4.57 Å². The summed E-state index contributed by atoms with van der Waals surface area (Å²) in [6.45, 7) is 2.40. The molecule has 0 amide bonds. The number of ether oxygens (including phenoxy) is 3. The van der Waals surface area contributed by atoms with Crippen LogP contribution in [-0.2, 0) is 35.3 Å². The number of rotatable bonds is 11. The smallest absolute Gasteiger partial charge is 0.416 e. The number of imidazole rings is 1. The summed E-state index contributed by atoms with van der Waals surface area (Å²) < 4.78 is 62.7. The van der Waals surface area contributed by atoms with E-state index in [2.05, 4.69) is 0 Å². The van der Waals surface area contributed by atoms with Crippen molar-refractivity contribution in [3.05, 3.63) is 155 Å². The average Bonchev–Trinajstić information content (AvgIpc) is 3.55. The number of methoxy groups -OCH3 is 1. The number of hydrogen-bond acceptors (Lipinski definition) is 4. The van der Waals surface area contributed by atoms with Gasteiger partial charge in [-0.15, -0.1) is 0 Å². The zero-order valence-corrected chi connectivity index (χ0v) is 26.3. The largest absolute Gasteiger partial charge is 0.501 e. The molecule has 6 rings (SSSR count). The third-order valence-corrected chi connectivity index (χ3v) is 8.13. The van der Waals surface area contributed by atoms with Gasteiger partial charge in [0.05, 0.1) is 29.7 Å². The van der Waals surface area contributed by atoms with E-state index in [0.29, 0.717) is 60.1 Å². The number of hydrogen-bond donors (Lipinski definition) is 0. The van der Waals surface area contributed by atoms with Crippen LogP contribution in [0.25, 0.3) is 22.6 Å². The van der Waals surface area contributed by atoms with Crippen LogP contribution in [0.1, 0.15) is 47.7 Å². The maximum absolute atomic E-state index is 14.2. The molecule has 0 atom stereocenters. The van der Waals surface area contributed by atoms with E-state index in [9.17, 15) is 13.2 Å². The lowest BCUT2D eigenvalue weighted by atomic mass is 10.0.